The van der Waals surface area contributed by atoms with E-state index in [0.29, 0.717) is 0 Å². The number of carbonyl (C=O) groups excluding carboxylic acids is 2. The van der Waals surface area contributed by atoms with Crippen molar-refractivity contribution >= 4 is 33.6 Å². The number of rotatable bonds is 6. The van der Waals surface area contributed by atoms with Gasteiger partial charge in [0.2, 0.25) is 10.0 Å². The molecule has 1 rings (SSSR count). The number of halogens is 1. The zero-order valence-electron chi connectivity index (χ0n) is 11.1. The van der Waals surface area contributed by atoms with Gasteiger partial charge in [0.05, 0.1) is 23.0 Å². The van der Waals surface area contributed by atoms with Crippen LogP contribution in [-0.2, 0) is 14.8 Å². The number of aromatic carboxylic acids is 1. The van der Waals surface area contributed by atoms with Crippen molar-refractivity contribution in [2.24, 2.45) is 5.92 Å². The van der Waals surface area contributed by atoms with Crippen LogP contribution in [0.5, 0.6) is 0 Å². The van der Waals surface area contributed by atoms with Gasteiger partial charge >= 0.3 is 0 Å². The van der Waals surface area contributed by atoms with Crippen LogP contribution >= 0.6 is 11.6 Å². The van der Waals surface area contributed by atoms with Crippen molar-refractivity contribution in [3.05, 3.63) is 28.8 Å². The molecule has 0 aliphatic heterocycles. The lowest BCUT2D eigenvalue weighted by Gasteiger charge is -2.23. The number of benzene rings is 1. The molecule has 21 heavy (non-hydrogen) atoms. The predicted molar refractivity (Wildman–Crippen MR) is 69.7 cm³/mol. The van der Waals surface area contributed by atoms with Crippen molar-refractivity contribution in [3.8, 4) is 0 Å². The molecule has 1 aromatic carbocycles. The third kappa shape index (κ3) is 4.16. The molecule has 0 amide bonds. The van der Waals surface area contributed by atoms with E-state index >= 15 is 0 Å². The molecule has 0 aliphatic carbocycles. The van der Waals surface area contributed by atoms with Gasteiger partial charge in [-0.25, -0.2) is 13.1 Å². The van der Waals surface area contributed by atoms with E-state index in [0.717, 1.165) is 18.2 Å². The molecule has 0 heterocycles. The van der Waals surface area contributed by atoms with E-state index in [1.54, 1.807) is 0 Å². The molecule has 0 aromatic heterocycles. The summed E-state index contributed by atoms with van der Waals surface area (Å²) in [5.74, 6) is -3.75. The van der Waals surface area contributed by atoms with Gasteiger partial charge in [-0.2, -0.15) is 0 Å². The highest BCUT2D eigenvalue weighted by Crippen LogP contribution is 2.23. The van der Waals surface area contributed by atoms with E-state index in [1.807, 2.05) is 4.72 Å². The molecule has 1 atom stereocenters. The third-order valence-corrected chi connectivity index (χ3v) is 4.58. The average molecular weight is 334 g/mol. The van der Waals surface area contributed by atoms with Crippen LogP contribution in [0.1, 0.15) is 24.2 Å². The lowest BCUT2D eigenvalue weighted by Crippen LogP contribution is -2.50. The van der Waals surface area contributed by atoms with E-state index in [-0.39, 0.29) is 5.02 Å². The summed E-state index contributed by atoms with van der Waals surface area (Å²) in [6.45, 7) is 2.98. The van der Waals surface area contributed by atoms with Gasteiger partial charge in [-0.3, -0.25) is 0 Å². The fourth-order valence-electron chi connectivity index (χ4n) is 1.52. The van der Waals surface area contributed by atoms with Crippen LogP contribution in [0.2, 0.25) is 5.02 Å². The zero-order chi connectivity index (χ0) is 16.4. The standard InChI is InChI=1S/C12H14ClNO6S/c1-6(2)10(12(17)18)14-21(19,20)9-5-7(11(15)16)3-4-8(9)13/h3-6,10,14H,1-2H3,(H,15,16)(H,17,18)/p-2/t10-/m0/s1. The first-order chi connectivity index (χ1) is 9.56. The molecule has 7 nitrogen and oxygen atoms in total. The number of aliphatic carboxylic acids is 1. The van der Waals surface area contributed by atoms with E-state index in [9.17, 15) is 28.2 Å². The molecule has 0 fully saturated rings. The maximum absolute atomic E-state index is 12.1. The van der Waals surface area contributed by atoms with Crippen molar-refractivity contribution in [1.82, 2.24) is 4.72 Å². The van der Waals surface area contributed by atoms with Gasteiger partial charge < -0.3 is 19.8 Å². The fraction of sp³-hybridized carbons (Fsp3) is 0.333. The Morgan fingerprint density at radius 3 is 2.24 bits per heavy atom. The largest absolute Gasteiger partial charge is 0.548 e. The highest BCUT2D eigenvalue weighted by molar-refractivity contribution is 7.89. The summed E-state index contributed by atoms with van der Waals surface area (Å²) in [7, 11) is -4.33. The minimum Gasteiger partial charge on any atom is -0.548 e. The molecule has 116 valence electrons. The maximum Gasteiger partial charge on any atom is 0.242 e. The van der Waals surface area contributed by atoms with Gasteiger partial charge in [0.1, 0.15) is 4.90 Å². The smallest absolute Gasteiger partial charge is 0.242 e. The van der Waals surface area contributed by atoms with Crippen molar-refractivity contribution in [2.75, 3.05) is 0 Å². The Balaban J connectivity index is 3.27. The molecule has 1 N–H and O–H groups in total. The van der Waals surface area contributed by atoms with Crippen LogP contribution in [0.25, 0.3) is 0 Å². The minimum atomic E-state index is -4.33. The van der Waals surface area contributed by atoms with E-state index < -0.39 is 44.4 Å². The van der Waals surface area contributed by atoms with Crippen molar-refractivity contribution < 1.29 is 28.2 Å². The first kappa shape index (κ1) is 17.4. The molecular formula is C12H12ClNO6S-2. The summed E-state index contributed by atoms with van der Waals surface area (Å²) in [5, 5.41) is 21.4. The number of hydrogen-bond acceptors (Lipinski definition) is 6. The summed E-state index contributed by atoms with van der Waals surface area (Å²) in [6.07, 6.45) is 0. The van der Waals surface area contributed by atoms with Gasteiger partial charge in [0.15, 0.2) is 0 Å². The molecule has 9 heteroatoms. The number of carboxylic acid groups (broad SMARTS) is 2. The summed E-state index contributed by atoms with van der Waals surface area (Å²) >= 11 is 5.73. The van der Waals surface area contributed by atoms with Crippen LogP contribution in [-0.4, -0.2) is 26.4 Å². The Labute approximate surface area is 126 Å². The van der Waals surface area contributed by atoms with E-state index in [4.69, 9.17) is 11.6 Å². The molecule has 0 radical (unpaired) electrons. The second-order valence-corrected chi connectivity index (χ2v) is 6.68. The molecule has 0 saturated heterocycles. The molecular weight excluding hydrogens is 322 g/mol. The van der Waals surface area contributed by atoms with Gasteiger partial charge in [-0.05, 0) is 23.6 Å². The second-order valence-electron chi connectivity index (χ2n) is 4.59. The zero-order valence-corrected chi connectivity index (χ0v) is 12.7. The molecule has 0 aliphatic rings. The van der Waals surface area contributed by atoms with Crippen LogP contribution in [0.4, 0.5) is 0 Å². The van der Waals surface area contributed by atoms with Crippen LogP contribution in [0.3, 0.4) is 0 Å². The normalized spacial score (nSPS) is 13.1. The Morgan fingerprint density at radius 2 is 1.81 bits per heavy atom. The molecule has 0 bridgehead atoms. The fourth-order valence-corrected chi connectivity index (χ4v) is 3.38. The maximum atomic E-state index is 12.1. The quantitative estimate of drug-likeness (QED) is 0.693. The SMILES string of the molecule is CC(C)[C@H](NS(=O)(=O)c1cc(C(=O)[O-])ccc1Cl)C(=O)[O-]. The van der Waals surface area contributed by atoms with E-state index in [1.165, 1.54) is 13.8 Å². The number of carboxylic acids is 2. The first-order valence-corrected chi connectivity index (χ1v) is 7.66. The Bertz CT molecular complexity index is 670. The van der Waals surface area contributed by atoms with E-state index in [2.05, 4.69) is 0 Å². The average Bonchev–Trinajstić information content (AvgIpc) is 2.35. The lowest BCUT2D eigenvalue weighted by atomic mass is 10.1. The van der Waals surface area contributed by atoms with Gasteiger partial charge in [-0.1, -0.05) is 31.5 Å². The van der Waals surface area contributed by atoms with Gasteiger partial charge in [0, 0.05) is 0 Å². The molecule has 0 spiro atoms. The summed E-state index contributed by atoms with van der Waals surface area (Å²) in [4.78, 5) is 21.1. The Kier molecular flexibility index (Phi) is 5.32. The number of carbonyl (C=O) groups is 2. The summed E-state index contributed by atoms with van der Waals surface area (Å²) < 4.78 is 26.2. The number of sulfonamides is 1. The van der Waals surface area contributed by atoms with Crippen LogP contribution < -0.4 is 14.9 Å². The van der Waals surface area contributed by atoms with Gasteiger partial charge in [0.25, 0.3) is 0 Å². The van der Waals surface area contributed by atoms with Crippen LogP contribution in [0, 0.1) is 5.92 Å². The second kappa shape index (κ2) is 6.42. The van der Waals surface area contributed by atoms with Crippen molar-refractivity contribution in [2.45, 2.75) is 24.8 Å². The Morgan fingerprint density at radius 1 is 1.24 bits per heavy atom. The topological polar surface area (TPSA) is 126 Å². The van der Waals surface area contributed by atoms with Crippen molar-refractivity contribution in [3.63, 3.8) is 0 Å². The molecule has 0 unspecified atom stereocenters. The summed E-state index contributed by atoms with van der Waals surface area (Å²) in [6, 6.07) is 1.48. The van der Waals surface area contributed by atoms with Crippen molar-refractivity contribution in [1.29, 1.82) is 0 Å². The third-order valence-electron chi connectivity index (χ3n) is 2.66. The van der Waals surface area contributed by atoms with Crippen LogP contribution in [0.15, 0.2) is 23.1 Å². The summed E-state index contributed by atoms with van der Waals surface area (Å²) in [5.41, 5.74) is -0.394. The molecule has 1 aromatic rings. The monoisotopic (exact) mass is 333 g/mol. The molecule has 0 saturated carbocycles. The lowest BCUT2D eigenvalue weighted by molar-refractivity contribution is -0.309. The van der Waals surface area contributed by atoms with Gasteiger partial charge in [-0.15, -0.1) is 0 Å². The first-order valence-electron chi connectivity index (χ1n) is 5.80. The number of hydrogen-bond donors (Lipinski definition) is 1. The predicted octanol–water partition coefficient (Wildman–Crippen LogP) is -1.24. The Hall–Kier alpha value is -1.64. The highest BCUT2D eigenvalue weighted by atomic mass is 35.5. The minimum absolute atomic E-state index is 0.242. The number of nitrogens with one attached hydrogen (secondary N) is 1. The highest BCUT2D eigenvalue weighted by Gasteiger charge is 2.25.